The summed E-state index contributed by atoms with van der Waals surface area (Å²) in [6.45, 7) is 1.37. The summed E-state index contributed by atoms with van der Waals surface area (Å²) in [5, 5.41) is 11.5. The Balaban J connectivity index is 1.66. The molecule has 3 rings (SSSR count). The maximum Gasteiger partial charge on any atom is 0.338 e. The van der Waals surface area contributed by atoms with Crippen LogP contribution in [0.15, 0.2) is 42.5 Å². The Labute approximate surface area is 144 Å². The molecule has 2 aromatic carbocycles. The van der Waals surface area contributed by atoms with Gasteiger partial charge in [-0.3, -0.25) is 9.59 Å². The van der Waals surface area contributed by atoms with Gasteiger partial charge in [0.25, 0.3) is 0 Å². The monoisotopic (exact) mass is 334 g/mol. The predicted octanol–water partition coefficient (Wildman–Crippen LogP) is 2.65. The van der Waals surface area contributed by atoms with E-state index in [9.17, 15) is 14.4 Å². The van der Waals surface area contributed by atoms with E-state index in [1.807, 2.05) is 6.07 Å². The molecule has 0 unspecified atom stereocenters. The van der Waals surface area contributed by atoms with Crippen molar-refractivity contribution in [1.29, 1.82) is 5.26 Å². The zero-order valence-corrected chi connectivity index (χ0v) is 13.4. The Bertz CT molecular complexity index is 910. The number of nitrogens with zero attached hydrogens (tertiary/aromatic N) is 1. The van der Waals surface area contributed by atoms with Crippen LogP contribution in [-0.4, -0.2) is 24.3 Å². The summed E-state index contributed by atoms with van der Waals surface area (Å²) in [6, 6.07) is 12.8. The number of Topliss-reactive ketones (excluding diaryl/α,β-unsaturated/α-hetero) is 1. The van der Waals surface area contributed by atoms with E-state index in [0.717, 1.165) is 5.56 Å². The predicted molar refractivity (Wildman–Crippen MR) is 89.3 cm³/mol. The average Bonchev–Trinajstić information content (AvgIpc) is 2.93. The van der Waals surface area contributed by atoms with Gasteiger partial charge in [0.2, 0.25) is 5.91 Å². The molecule has 1 aliphatic heterocycles. The minimum absolute atomic E-state index is 0.105. The summed E-state index contributed by atoms with van der Waals surface area (Å²) in [4.78, 5) is 35.8. The van der Waals surface area contributed by atoms with Gasteiger partial charge in [0.1, 0.15) is 0 Å². The topological polar surface area (TPSA) is 96.3 Å². The molecule has 0 saturated heterocycles. The molecule has 0 aromatic heterocycles. The molecule has 0 bridgehead atoms. The Hall–Kier alpha value is -3.46. The molecule has 0 spiro atoms. The van der Waals surface area contributed by atoms with Crippen molar-refractivity contribution in [2.75, 3.05) is 11.9 Å². The number of anilines is 1. The van der Waals surface area contributed by atoms with Gasteiger partial charge in [0.15, 0.2) is 12.4 Å². The fourth-order valence-electron chi connectivity index (χ4n) is 2.57. The maximum atomic E-state index is 12.2. The number of fused-ring (bicyclic) bond motifs is 1. The summed E-state index contributed by atoms with van der Waals surface area (Å²) in [7, 11) is 0. The lowest BCUT2D eigenvalue weighted by Gasteiger charge is -2.07. The molecule has 1 N–H and O–H groups in total. The first-order chi connectivity index (χ1) is 12.0. The summed E-state index contributed by atoms with van der Waals surface area (Å²) in [5.41, 5.74) is 2.54. The second kappa shape index (κ2) is 6.57. The van der Waals surface area contributed by atoms with Gasteiger partial charge in [-0.1, -0.05) is 0 Å². The highest BCUT2D eigenvalue weighted by Gasteiger charge is 2.27. The van der Waals surface area contributed by atoms with E-state index < -0.39 is 12.6 Å². The van der Waals surface area contributed by atoms with Gasteiger partial charge in [-0.25, -0.2) is 4.79 Å². The molecular weight excluding hydrogens is 320 g/mol. The van der Waals surface area contributed by atoms with Crippen LogP contribution in [0.1, 0.15) is 44.7 Å². The maximum absolute atomic E-state index is 12.2. The molecule has 1 amide bonds. The zero-order valence-electron chi connectivity index (χ0n) is 13.4. The number of benzene rings is 2. The van der Waals surface area contributed by atoms with Crippen LogP contribution in [0.3, 0.4) is 0 Å². The van der Waals surface area contributed by atoms with Gasteiger partial charge in [-0.2, -0.15) is 5.26 Å². The van der Waals surface area contributed by atoms with Gasteiger partial charge in [-0.15, -0.1) is 0 Å². The lowest BCUT2D eigenvalue weighted by atomic mass is 9.99. The van der Waals surface area contributed by atoms with E-state index in [4.69, 9.17) is 10.00 Å². The molecule has 1 aliphatic rings. The van der Waals surface area contributed by atoms with E-state index in [-0.39, 0.29) is 23.2 Å². The Morgan fingerprint density at radius 3 is 2.52 bits per heavy atom. The van der Waals surface area contributed by atoms with Crippen LogP contribution in [0.5, 0.6) is 0 Å². The molecule has 124 valence electrons. The number of rotatable bonds is 4. The molecule has 1 heterocycles. The van der Waals surface area contributed by atoms with E-state index in [0.29, 0.717) is 16.8 Å². The average molecular weight is 334 g/mol. The summed E-state index contributed by atoms with van der Waals surface area (Å²) >= 11 is 0. The smallest absolute Gasteiger partial charge is 0.338 e. The van der Waals surface area contributed by atoms with Crippen molar-refractivity contribution in [3.8, 4) is 6.07 Å². The molecule has 25 heavy (non-hydrogen) atoms. The van der Waals surface area contributed by atoms with Gasteiger partial charge in [0, 0.05) is 11.3 Å². The molecule has 0 aliphatic carbocycles. The van der Waals surface area contributed by atoms with Crippen LogP contribution in [-0.2, 0) is 9.53 Å². The minimum atomic E-state index is -0.635. The lowest BCUT2D eigenvalue weighted by Crippen LogP contribution is -2.14. The SMILES string of the molecule is C[C@@H]1C(=O)Nc2ccc(C(=O)COC(=O)c3ccc(C#N)cc3)cc21. The number of nitriles is 1. The Kier molecular flexibility index (Phi) is 4.31. The van der Waals surface area contributed by atoms with Gasteiger partial charge in [-0.05, 0) is 55.0 Å². The van der Waals surface area contributed by atoms with Crippen LogP contribution >= 0.6 is 0 Å². The van der Waals surface area contributed by atoms with Crippen molar-refractivity contribution in [3.63, 3.8) is 0 Å². The van der Waals surface area contributed by atoms with E-state index in [2.05, 4.69) is 5.32 Å². The molecule has 0 fully saturated rings. The highest BCUT2D eigenvalue weighted by Crippen LogP contribution is 2.32. The van der Waals surface area contributed by atoms with Crippen LogP contribution < -0.4 is 5.32 Å². The van der Waals surface area contributed by atoms with Crippen LogP contribution in [0.2, 0.25) is 0 Å². The zero-order chi connectivity index (χ0) is 18.0. The van der Waals surface area contributed by atoms with Gasteiger partial charge >= 0.3 is 5.97 Å². The molecule has 6 nitrogen and oxygen atoms in total. The quantitative estimate of drug-likeness (QED) is 0.685. The van der Waals surface area contributed by atoms with E-state index in [1.54, 1.807) is 25.1 Å². The summed E-state index contributed by atoms with van der Waals surface area (Å²) in [6.07, 6.45) is 0. The molecule has 0 radical (unpaired) electrons. The fourth-order valence-corrected chi connectivity index (χ4v) is 2.57. The van der Waals surface area contributed by atoms with Crippen molar-refractivity contribution >= 4 is 23.3 Å². The standard InChI is InChI=1S/C19H14N2O4/c1-11-15-8-14(6-7-16(15)21-18(11)23)17(22)10-25-19(24)13-4-2-12(9-20)3-5-13/h2-8,11H,10H2,1H3,(H,21,23)/t11-/m0/s1. The first-order valence-electron chi connectivity index (χ1n) is 7.65. The van der Waals surface area contributed by atoms with Crippen molar-refractivity contribution in [2.24, 2.45) is 0 Å². The van der Waals surface area contributed by atoms with Crippen molar-refractivity contribution in [1.82, 2.24) is 0 Å². The van der Waals surface area contributed by atoms with Gasteiger partial charge < -0.3 is 10.1 Å². The van der Waals surface area contributed by atoms with Crippen molar-refractivity contribution < 1.29 is 19.1 Å². The van der Waals surface area contributed by atoms with E-state index in [1.165, 1.54) is 24.3 Å². The third kappa shape index (κ3) is 3.26. The molecule has 6 heteroatoms. The first-order valence-corrected chi connectivity index (χ1v) is 7.65. The molecule has 0 saturated carbocycles. The number of hydrogen-bond acceptors (Lipinski definition) is 5. The van der Waals surface area contributed by atoms with Crippen molar-refractivity contribution in [3.05, 3.63) is 64.7 Å². The second-order valence-corrected chi connectivity index (χ2v) is 5.70. The molecule has 2 aromatic rings. The Morgan fingerprint density at radius 1 is 1.16 bits per heavy atom. The molecular formula is C19H14N2O4. The van der Waals surface area contributed by atoms with Crippen LogP contribution in [0, 0.1) is 11.3 Å². The largest absolute Gasteiger partial charge is 0.454 e. The second-order valence-electron chi connectivity index (χ2n) is 5.70. The minimum Gasteiger partial charge on any atom is -0.454 e. The molecule has 1 atom stereocenters. The number of esters is 1. The number of carbonyl (C=O) groups is 3. The van der Waals surface area contributed by atoms with Gasteiger partial charge in [0.05, 0.1) is 23.1 Å². The number of nitrogens with one attached hydrogen (secondary N) is 1. The fraction of sp³-hybridized carbons (Fsp3) is 0.158. The number of amides is 1. The third-order valence-corrected chi connectivity index (χ3v) is 4.08. The highest BCUT2D eigenvalue weighted by molar-refractivity contribution is 6.05. The lowest BCUT2D eigenvalue weighted by molar-refractivity contribution is -0.116. The van der Waals surface area contributed by atoms with Crippen molar-refractivity contribution in [2.45, 2.75) is 12.8 Å². The van der Waals surface area contributed by atoms with E-state index >= 15 is 0 Å². The normalized spacial score (nSPS) is 15.0. The summed E-state index contributed by atoms with van der Waals surface area (Å²) in [5.74, 6) is -1.41. The summed E-state index contributed by atoms with van der Waals surface area (Å²) < 4.78 is 5.03. The first kappa shape index (κ1) is 16.4. The third-order valence-electron chi connectivity index (χ3n) is 4.08. The Morgan fingerprint density at radius 2 is 1.84 bits per heavy atom. The number of ether oxygens (including phenoxy) is 1. The number of hydrogen-bond donors (Lipinski definition) is 1. The van der Waals surface area contributed by atoms with Crippen LogP contribution in [0.4, 0.5) is 5.69 Å². The highest BCUT2D eigenvalue weighted by atomic mass is 16.5. The number of ketones is 1. The van der Waals surface area contributed by atoms with Crippen LogP contribution in [0.25, 0.3) is 0 Å². The number of carbonyl (C=O) groups excluding carboxylic acids is 3.